The largest absolute Gasteiger partial charge is 0.488 e. The Balaban J connectivity index is 2.25. The van der Waals surface area contributed by atoms with Gasteiger partial charge in [-0.15, -0.1) is 0 Å². The van der Waals surface area contributed by atoms with E-state index in [1.54, 1.807) is 0 Å². The summed E-state index contributed by atoms with van der Waals surface area (Å²) in [5.41, 5.74) is 0.310. The molecule has 2 rings (SSSR count). The van der Waals surface area contributed by atoms with Crippen LogP contribution in [0.5, 0.6) is 0 Å². The predicted octanol–water partition coefficient (Wildman–Crippen LogP) is -1.88. The minimum atomic E-state index is -1.56. The molecule has 1 fully saturated rings. The summed E-state index contributed by atoms with van der Waals surface area (Å²) < 4.78 is 4.99. The Labute approximate surface area is 92.6 Å². The number of rotatable bonds is 2. The average Bonchev–Trinajstić information content (AvgIpc) is 2.30. The molecule has 1 aromatic heterocycles. The van der Waals surface area contributed by atoms with E-state index in [0.717, 1.165) is 0 Å². The summed E-state index contributed by atoms with van der Waals surface area (Å²) in [6.07, 6.45) is 1.44. The van der Waals surface area contributed by atoms with Gasteiger partial charge in [0.15, 0.2) is 0 Å². The van der Waals surface area contributed by atoms with Gasteiger partial charge in [0.2, 0.25) is 0 Å². The molecule has 1 aromatic rings. The lowest BCUT2D eigenvalue weighted by Gasteiger charge is -2.26. The van der Waals surface area contributed by atoms with E-state index >= 15 is 0 Å². The summed E-state index contributed by atoms with van der Waals surface area (Å²) >= 11 is 0. The SMILES string of the molecule is O=C1COCCN1c1cc(B(O)O)ccn1. The predicted molar refractivity (Wildman–Crippen MR) is 57.2 cm³/mol. The van der Waals surface area contributed by atoms with Crippen LogP contribution >= 0.6 is 0 Å². The summed E-state index contributed by atoms with van der Waals surface area (Å²) in [6.45, 7) is 0.920. The average molecular weight is 222 g/mol. The molecule has 0 bridgehead atoms. The summed E-state index contributed by atoms with van der Waals surface area (Å²) in [5.74, 6) is 0.238. The minimum absolute atomic E-state index is 0.0353. The fourth-order valence-corrected chi connectivity index (χ4v) is 1.50. The molecule has 6 nitrogen and oxygen atoms in total. The maximum absolute atomic E-state index is 11.5. The van der Waals surface area contributed by atoms with Crippen LogP contribution in [0, 0.1) is 0 Å². The zero-order valence-corrected chi connectivity index (χ0v) is 8.54. The third-order valence-electron chi connectivity index (χ3n) is 2.33. The van der Waals surface area contributed by atoms with Gasteiger partial charge in [-0.3, -0.25) is 9.69 Å². The highest BCUT2D eigenvalue weighted by Gasteiger charge is 2.22. The molecule has 84 valence electrons. The van der Waals surface area contributed by atoms with Crippen molar-refractivity contribution in [1.82, 2.24) is 4.98 Å². The van der Waals surface area contributed by atoms with Gasteiger partial charge >= 0.3 is 7.12 Å². The second kappa shape index (κ2) is 4.61. The van der Waals surface area contributed by atoms with E-state index < -0.39 is 7.12 Å². The Morgan fingerprint density at radius 2 is 2.31 bits per heavy atom. The highest BCUT2D eigenvalue weighted by Crippen LogP contribution is 2.11. The number of carbonyl (C=O) groups excluding carboxylic acids is 1. The molecule has 0 spiro atoms. The number of hydrogen-bond acceptors (Lipinski definition) is 5. The van der Waals surface area contributed by atoms with Gasteiger partial charge in [0.25, 0.3) is 5.91 Å². The molecule has 0 aromatic carbocycles. The summed E-state index contributed by atoms with van der Waals surface area (Å²) in [6, 6.07) is 2.97. The molecule has 1 amide bonds. The fraction of sp³-hybridized carbons (Fsp3) is 0.333. The normalized spacial score (nSPS) is 16.4. The van der Waals surface area contributed by atoms with Crippen LogP contribution in [0.4, 0.5) is 5.82 Å². The van der Waals surface area contributed by atoms with Crippen molar-refractivity contribution in [2.24, 2.45) is 0 Å². The number of nitrogens with zero attached hydrogens (tertiary/aromatic N) is 2. The summed E-state index contributed by atoms with van der Waals surface area (Å²) in [5, 5.41) is 18.0. The molecule has 0 unspecified atom stereocenters. The van der Waals surface area contributed by atoms with Crippen LogP contribution in [0.3, 0.4) is 0 Å². The smallest absolute Gasteiger partial charge is 0.423 e. The van der Waals surface area contributed by atoms with Crippen LogP contribution in [0.25, 0.3) is 0 Å². The second-order valence-corrected chi connectivity index (χ2v) is 3.42. The molecule has 16 heavy (non-hydrogen) atoms. The number of ether oxygens (including phenoxy) is 1. The van der Waals surface area contributed by atoms with Crippen LogP contribution in [0.2, 0.25) is 0 Å². The van der Waals surface area contributed by atoms with Crippen LogP contribution in [0.1, 0.15) is 0 Å². The lowest BCUT2D eigenvalue weighted by molar-refractivity contribution is -0.125. The van der Waals surface area contributed by atoms with Crippen LogP contribution < -0.4 is 10.4 Å². The lowest BCUT2D eigenvalue weighted by Crippen LogP contribution is -2.43. The van der Waals surface area contributed by atoms with E-state index in [2.05, 4.69) is 4.98 Å². The molecule has 7 heteroatoms. The maximum Gasteiger partial charge on any atom is 0.488 e. The first-order valence-corrected chi connectivity index (χ1v) is 4.88. The van der Waals surface area contributed by atoms with Crippen molar-refractivity contribution < 1.29 is 19.6 Å². The minimum Gasteiger partial charge on any atom is -0.423 e. The van der Waals surface area contributed by atoms with E-state index in [1.807, 2.05) is 0 Å². The van der Waals surface area contributed by atoms with Crippen molar-refractivity contribution in [2.75, 3.05) is 24.7 Å². The Kier molecular flexibility index (Phi) is 3.18. The number of pyridine rings is 1. The number of hydrogen-bond donors (Lipinski definition) is 2. The first kappa shape index (κ1) is 11.1. The number of aromatic nitrogens is 1. The molecule has 0 saturated carbocycles. The highest BCUT2D eigenvalue weighted by molar-refractivity contribution is 6.58. The van der Waals surface area contributed by atoms with Gasteiger partial charge < -0.3 is 14.8 Å². The Hall–Kier alpha value is -1.44. The van der Waals surface area contributed by atoms with Gasteiger partial charge in [0.1, 0.15) is 12.4 Å². The molecule has 0 aliphatic carbocycles. The first-order chi connectivity index (χ1) is 7.68. The van der Waals surface area contributed by atoms with Crippen molar-refractivity contribution in [3.63, 3.8) is 0 Å². The number of amides is 1. The van der Waals surface area contributed by atoms with Crippen LogP contribution in [-0.2, 0) is 9.53 Å². The van der Waals surface area contributed by atoms with E-state index in [9.17, 15) is 4.79 Å². The van der Waals surface area contributed by atoms with E-state index in [-0.39, 0.29) is 12.5 Å². The van der Waals surface area contributed by atoms with Gasteiger partial charge in [0.05, 0.1) is 13.2 Å². The van der Waals surface area contributed by atoms with Crippen molar-refractivity contribution >= 4 is 24.3 Å². The zero-order chi connectivity index (χ0) is 11.5. The van der Waals surface area contributed by atoms with Crippen molar-refractivity contribution in [3.05, 3.63) is 18.3 Å². The monoisotopic (exact) mass is 222 g/mol. The third kappa shape index (κ3) is 2.21. The van der Waals surface area contributed by atoms with Gasteiger partial charge in [0, 0.05) is 6.20 Å². The number of anilines is 1. The summed E-state index contributed by atoms with van der Waals surface area (Å²) in [4.78, 5) is 17.0. The first-order valence-electron chi connectivity index (χ1n) is 4.88. The topological polar surface area (TPSA) is 82.9 Å². The Morgan fingerprint density at radius 3 is 3.00 bits per heavy atom. The molecule has 0 radical (unpaired) electrons. The van der Waals surface area contributed by atoms with Crippen molar-refractivity contribution in [1.29, 1.82) is 0 Å². The zero-order valence-electron chi connectivity index (χ0n) is 8.54. The molecule has 2 N–H and O–H groups in total. The summed E-state index contributed by atoms with van der Waals surface area (Å²) in [7, 11) is -1.56. The molecule has 0 atom stereocenters. The quantitative estimate of drug-likeness (QED) is 0.572. The van der Waals surface area contributed by atoms with E-state index in [1.165, 1.54) is 23.2 Å². The maximum atomic E-state index is 11.5. The molecular formula is C9H11BN2O4. The molecule has 1 aliphatic heterocycles. The third-order valence-corrected chi connectivity index (χ3v) is 2.33. The Morgan fingerprint density at radius 1 is 1.50 bits per heavy atom. The fourth-order valence-electron chi connectivity index (χ4n) is 1.50. The molecule has 2 heterocycles. The molecule has 1 aliphatic rings. The number of carbonyl (C=O) groups is 1. The lowest BCUT2D eigenvalue weighted by atomic mass is 9.81. The van der Waals surface area contributed by atoms with Crippen molar-refractivity contribution in [2.45, 2.75) is 0 Å². The highest BCUT2D eigenvalue weighted by atomic mass is 16.5. The second-order valence-electron chi connectivity index (χ2n) is 3.42. The molecular weight excluding hydrogens is 211 g/mol. The van der Waals surface area contributed by atoms with Gasteiger partial charge in [-0.2, -0.15) is 0 Å². The van der Waals surface area contributed by atoms with E-state index in [0.29, 0.717) is 24.4 Å². The van der Waals surface area contributed by atoms with Crippen LogP contribution in [0.15, 0.2) is 18.3 Å². The van der Waals surface area contributed by atoms with E-state index in [4.69, 9.17) is 14.8 Å². The number of morpholine rings is 1. The standard InChI is InChI=1S/C9H11BN2O4/c13-9-6-16-4-3-12(9)8-5-7(10(14)15)1-2-11-8/h1-2,5,14-15H,3-4,6H2. The molecule has 1 saturated heterocycles. The van der Waals surface area contributed by atoms with Gasteiger partial charge in [-0.1, -0.05) is 0 Å². The van der Waals surface area contributed by atoms with Crippen molar-refractivity contribution in [3.8, 4) is 0 Å². The van der Waals surface area contributed by atoms with Gasteiger partial charge in [-0.05, 0) is 17.6 Å². The van der Waals surface area contributed by atoms with Gasteiger partial charge in [-0.25, -0.2) is 4.98 Å². The Bertz CT molecular complexity index is 399. The van der Waals surface area contributed by atoms with Crippen LogP contribution in [-0.4, -0.2) is 47.8 Å².